The molecule has 3 nitrogen and oxygen atoms in total. The Hall–Kier alpha value is -2.30. The molecule has 0 saturated carbocycles. The molecule has 1 spiro atoms. The lowest BCUT2D eigenvalue weighted by Crippen LogP contribution is -2.41. The van der Waals surface area contributed by atoms with Gasteiger partial charge in [-0.15, -0.1) is 0 Å². The van der Waals surface area contributed by atoms with Gasteiger partial charge in [-0.2, -0.15) is 8.78 Å². The number of carbonyl (C=O) groups excluding carboxylic acids is 1. The lowest BCUT2D eigenvalue weighted by molar-refractivity contribution is -0.110. The molecule has 0 N–H and O–H groups in total. The van der Waals surface area contributed by atoms with Crippen molar-refractivity contribution < 1.29 is 13.6 Å². The Morgan fingerprint density at radius 2 is 1.76 bits per heavy atom. The number of alkyl halides is 2. The zero-order chi connectivity index (χ0) is 15.1. The van der Waals surface area contributed by atoms with E-state index in [1.54, 1.807) is 37.4 Å². The molecular weight excluding hydrogens is 274 g/mol. The van der Waals surface area contributed by atoms with E-state index in [9.17, 15) is 13.6 Å². The molecule has 1 fully saturated rings. The average Bonchev–Trinajstić information content (AvgIpc) is 2.64. The van der Waals surface area contributed by atoms with E-state index in [-0.39, 0.29) is 18.2 Å². The first-order valence-corrected chi connectivity index (χ1v) is 6.60. The number of nitrogens with zero attached hydrogens (tertiary/aromatic N) is 2. The number of halogens is 2. The van der Waals surface area contributed by atoms with Crippen LogP contribution in [0.4, 0.5) is 14.5 Å². The van der Waals surface area contributed by atoms with Gasteiger partial charge in [0.05, 0.1) is 11.1 Å². The molecule has 5 heteroatoms. The first kappa shape index (κ1) is 13.7. The fourth-order valence-corrected chi connectivity index (χ4v) is 2.68. The summed E-state index contributed by atoms with van der Waals surface area (Å²) in [5.41, 5.74) is -1.01. The highest BCUT2D eigenvalue weighted by atomic mass is 19.3. The molecule has 1 aromatic rings. The van der Waals surface area contributed by atoms with Crippen LogP contribution in [0.25, 0.3) is 0 Å². The van der Waals surface area contributed by atoms with Crippen LogP contribution < -0.4 is 0 Å². The minimum atomic E-state index is -3.16. The average molecular weight is 288 g/mol. The first-order valence-electron chi connectivity index (χ1n) is 6.60. The minimum absolute atomic E-state index is 0.0892. The van der Waals surface area contributed by atoms with E-state index in [4.69, 9.17) is 0 Å². The van der Waals surface area contributed by atoms with Gasteiger partial charge in [-0.25, -0.2) is 4.99 Å². The highest BCUT2D eigenvalue weighted by Gasteiger charge is 2.62. The van der Waals surface area contributed by atoms with Crippen LogP contribution in [0.5, 0.6) is 0 Å². The van der Waals surface area contributed by atoms with Gasteiger partial charge in [0, 0.05) is 13.6 Å². The van der Waals surface area contributed by atoms with Crippen LogP contribution >= 0.6 is 0 Å². The minimum Gasteiger partial charge on any atom is -0.357 e. The summed E-state index contributed by atoms with van der Waals surface area (Å²) in [6.07, 6.45) is 4.99. The van der Waals surface area contributed by atoms with Crippen LogP contribution in [-0.4, -0.2) is 36.0 Å². The number of hydrogen-bond donors (Lipinski definition) is 0. The molecule has 1 saturated heterocycles. The number of ketones is 1. The molecule has 3 rings (SSSR count). The molecule has 0 bridgehead atoms. The van der Waals surface area contributed by atoms with E-state index in [0.717, 1.165) is 0 Å². The van der Waals surface area contributed by atoms with Crippen molar-refractivity contribution in [2.75, 3.05) is 13.6 Å². The van der Waals surface area contributed by atoms with Crippen LogP contribution in [0, 0.1) is 5.41 Å². The van der Waals surface area contributed by atoms with Crippen molar-refractivity contribution in [1.82, 2.24) is 4.90 Å². The summed E-state index contributed by atoms with van der Waals surface area (Å²) in [5, 5.41) is 0. The zero-order valence-electron chi connectivity index (χ0n) is 11.5. The predicted octanol–water partition coefficient (Wildman–Crippen LogP) is 2.98. The van der Waals surface area contributed by atoms with Crippen molar-refractivity contribution in [3.63, 3.8) is 0 Å². The van der Waals surface area contributed by atoms with E-state index >= 15 is 0 Å². The Labute approximate surface area is 121 Å². The molecule has 108 valence electrons. The summed E-state index contributed by atoms with van der Waals surface area (Å²) in [5.74, 6) is -3.71. The Morgan fingerprint density at radius 1 is 1.14 bits per heavy atom. The highest BCUT2D eigenvalue weighted by Crippen LogP contribution is 2.48. The second-order valence-electron chi connectivity index (χ2n) is 5.31. The van der Waals surface area contributed by atoms with Crippen LogP contribution in [-0.2, 0) is 4.79 Å². The van der Waals surface area contributed by atoms with Crippen molar-refractivity contribution in [2.24, 2.45) is 10.4 Å². The smallest absolute Gasteiger partial charge is 0.318 e. The quantitative estimate of drug-likeness (QED) is 0.796. The maximum absolute atomic E-state index is 14.8. The summed E-state index contributed by atoms with van der Waals surface area (Å²) in [7, 11) is 1.59. The molecule has 0 unspecified atom stereocenters. The topological polar surface area (TPSA) is 32.7 Å². The predicted molar refractivity (Wildman–Crippen MR) is 76.8 cm³/mol. The number of para-hydroxylation sites is 1. The molecule has 0 amide bonds. The molecule has 1 aliphatic heterocycles. The molecule has 1 heterocycles. The zero-order valence-corrected chi connectivity index (χ0v) is 11.5. The molecule has 1 aromatic carbocycles. The molecule has 2 aliphatic rings. The lowest BCUT2D eigenvalue weighted by Gasteiger charge is -2.28. The van der Waals surface area contributed by atoms with Gasteiger partial charge in [0.2, 0.25) is 0 Å². The van der Waals surface area contributed by atoms with E-state index in [1.165, 1.54) is 29.2 Å². The second kappa shape index (κ2) is 4.62. The van der Waals surface area contributed by atoms with Crippen LogP contribution in [0.1, 0.15) is 0 Å². The number of amidine groups is 1. The third-order valence-corrected chi connectivity index (χ3v) is 3.81. The normalized spacial score (nSPS) is 24.2. The SMILES string of the molecule is CN1CC2(C=CC(=O)C=C2)C(F)(F)C1=Nc1ccccc1. The van der Waals surface area contributed by atoms with Crippen molar-refractivity contribution in [1.29, 1.82) is 0 Å². The first-order chi connectivity index (χ1) is 9.95. The highest BCUT2D eigenvalue weighted by molar-refractivity contribution is 6.02. The van der Waals surface area contributed by atoms with Gasteiger partial charge in [0.1, 0.15) is 0 Å². The molecule has 0 aromatic heterocycles. The number of carbonyl (C=O) groups is 1. The van der Waals surface area contributed by atoms with E-state index in [2.05, 4.69) is 4.99 Å². The number of likely N-dealkylation sites (tertiary alicyclic amines) is 1. The molecule has 0 atom stereocenters. The van der Waals surface area contributed by atoms with Crippen LogP contribution in [0.2, 0.25) is 0 Å². The largest absolute Gasteiger partial charge is 0.357 e. The number of rotatable bonds is 1. The Morgan fingerprint density at radius 3 is 2.38 bits per heavy atom. The second-order valence-corrected chi connectivity index (χ2v) is 5.31. The van der Waals surface area contributed by atoms with Gasteiger partial charge in [-0.1, -0.05) is 30.4 Å². The summed E-state index contributed by atoms with van der Waals surface area (Å²) in [6.45, 7) is 0.0892. The van der Waals surface area contributed by atoms with Crippen molar-refractivity contribution in [2.45, 2.75) is 5.92 Å². The number of allylic oxidation sites excluding steroid dienone is 2. The lowest BCUT2D eigenvalue weighted by atomic mass is 9.80. The van der Waals surface area contributed by atoms with Gasteiger partial charge in [0.15, 0.2) is 11.6 Å². The fourth-order valence-electron chi connectivity index (χ4n) is 2.68. The van der Waals surface area contributed by atoms with E-state index in [0.29, 0.717) is 5.69 Å². The third-order valence-electron chi connectivity index (χ3n) is 3.81. The van der Waals surface area contributed by atoms with Gasteiger partial charge < -0.3 is 4.90 Å². The van der Waals surface area contributed by atoms with Crippen molar-refractivity contribution >= 4 is 17.3 Å². The summed E-state index contributed by atoms with van der Waals surface area (Å²) < 4.78 is 29.7. The molecular formula is C16H14F2N2O. The van der Waals surface area contributed by atoms with Gasteiger partial charge >= 0.3 is 5.92 Å². The van der Waals surface area contributed by atoms with Crippen molar-refractivity contribution in [3.8, 4) is 0 Å². The third kappa shape index (κ3) is 2.09. The van der Waals surface area contributed by atoms with Crippen molar-refractivity contribution in [3.05, 3.63) is 54.6 Å². The summed E-state index contributed by atoms with van der Waals surface area (Å²) >= 11 is 0. The number of aliphatic imine (C=N–C) groups is 1. The number of hydrogen-bond acceptors (Lipinski definition) is 2. The maximum Gasteiger partial charge on any atom is 0.318 e. The fraction of sp³-hybridized carbons (Fsp3) is 0.250. The van der Waals surface area contributed by atoms with E-state index < -0.39 is 11.3 Å². The Balaban J connectivity index is 2.05. The monoisotopic (exact) mass is 288 g/mol. The Bertz CT molecular complexity index is 646. The maximum atomic E-state index is 14.8. The molecule has 1 aliphatic carbocycles. The standard InChI is InChI=1S/C16H14F2N2O/c1-20-11-15(9-7-13(21)8-10-15)16(17,18)14(20)19-12-5-3-2-4-6-12/h2-10H,11H2,1H3. The van der Waals surface area contributed by atoms with Gasteiger partial charge in [-0.3, -0.25) is 4.79 Å². The summed E-state index contributed by atoms with van der Waals surface area (Å²) in [6, 6.07) is 8.67. The van der Waals surface area contributed by atoms with Gasteiger partial charge in [-0.05, 0) is 24.3 Å². The molecule has 0 radical (unpaired) electrons. The molecule has 21 heavy (non-hydrogen) atoms. The Kier molecular flexibility index (Phi) is 3.01. The summed E-state index contributed by atoms with van der Waals surface area (Å²) in [4.78, 5) is 16.7. The number of benzene rings is 1. The van der Waals surface area contributed by atoms with E-state index in [1.807, 2.05) is 0 Å². The van der Waals surface area contributed by atoms with Crippen LogP contribution in [0.3, 0.4) is 0 Å². The van der Waals surface area contributed by atoms with Gasteiger partial charge in [0.25, 0.3) is 0 Å². The van der Waals surface area contributed by atoms with Crippen LogP contribution in [0.15, 0.2) is 59.6 Å².